The van der Waals surface area contributed by atoms with Crippen LogP contribution < -0.4 is 4.74 Å². The number of ether oxygens (including phenoxy) is 1. The van der Waals surface area contributed by atoms with E-state index in [1.165, 1.54) is 13.0 Å². The number of carboxylic acids is 1. The first-order valence-corrected chi connectivity index (χ1v) is 4.23. The summed E-state index contributed by atoms with van der Waals surface area (Å²) in [4.78, 5) is 10.9. The Morgan fingerprint density at radius 2 is 2.36 bits per heavy atom. The largest absolute Gasteiger partial charge is 0.478 e. The predicted molar refractivity (Wildman–Crippen MR) is 46.8 cm³/mol. The molecule has 1 heterocycles. The quantitative estimate of drug-likeness (QED) is 0.742. The molecule has 1 aromatic rings. The lowest BCUT2D eigenvalue weighted by Gasteiger charge is -2.17. The molecular weight excluding hydrogens is 187 g/mol. The van der Waals surface area contributed by atoms with Gasteiger partial charge in [-0.3, -0.25) is 0 Å². The molecule has 0 aliphatic carbocycles. The third kappa shape index (κ3) is 1.14. The first-order chi connectivity index (χ1) is 6.53. The molecule has 4 heteroatoms. The fraction of sp³-hybridized carbons (Fsp3) is 0.300. The number of aliphatic carboxylic acids is 1. The number of para-hydroxylation sites is 1. The topological polar surface area (TPSA) is 46.5 Å². The Kier molecular flexibility index (Phi) is 1.74. The second-order valence-corrected chi connectivity index (χ2v) is 3.54. The molecule has 0 amide bonds. The molecule has 14 heavy (non-hydrogen) atoms. The summed E-state index contributed by atoms with van der Waals surface area (Å²) in [5.41, 5.74) is -0.722. The molecule has 3 nitrogen and oxygen atoms in total. The first kappa shape index (κ1) is 8.99. The molecule has 1 unspecified atom stereocenters. The van der Waals surface area contributed by atoms with Crippen molar-refractivity contribution in [1.29, 1.82) is 0 Å². The molecule has 0 saturated carbocycles. The van der Waals surface area contributed by atoms with Crippen LogP contribution in [0.3, 0.4) is 0 Å². The second-order valence-electron chi connectivity index (χ2n) is 3.54. The monoisotopic (exact) mass is 196 g/mol. The van der Waals surface area contributed by atoms with Crippen molar-refractivity contribution in [3.05, 3.63) is 29.6 Å². The highest BCUT2D eigenvalue weighted by atomic mass is 19.1. The highest BCUT2D eigenvalue weighted by Crippen LogP contribution is 2.36. The van der Waals surface area contributed by atoms with Crippen LogP contribution in [0.15, 0.2) is 18.2 Å². The fourth-order valence-electron chi connectivity index (χ4n) is 1.55. The summed E-state index contributed by atoms with van der Waals surface area (Å²) in [5.74, 6) is -1.52. The number of carbonyl (C=O) groups is 1. The highest BCUT2D eigenvalue weighted by molar-refractivity contribution is 5.79. The number of carboxylic acid groups (broad SMARTS) is 1. The summed E-state index contributed by atoms with van der Waals surface area (Å²) in [6, 6.07) is 4.48. The molecule has 1 aliphatic heterocycles. The Labute approximate surface area is 80.1 Å². The summed E-state index contributed by atoms with van der Waals surface area (Å²) < 4.78 is 18.3. The molecule has 1 aliphatic rings. The van der Waals surface area contributed by atoms with Crippen LogP contribution in [0.2, 0.25) is 0 Å². The maximum Gasteiger partial charge on any atom is 0.348 e. The molecule has 1 N–H and O–H groups in total. The van der Waals surface area contributed by atoms with Gasteiger partial charge < -0.3 is 9.84 Å². The van der Waals surface area contributed by atoms with Gasteiger partial charge >= 0.3 is 5.97 Å². The van der Waals surface area contributed by atoms with Gasteiger partial charge in [-0.1, -0.05) is 12.1 Å². The Bertz CT molecular complexity index is 402. The number of fused-ring (bicyclic) bond motifs is 1. The van der Waals surface area contributed by atoms with E-state index in [9.17, 15) is 9.18 Å². The van der Waals surface area contributed by atoms with Crippen LogP contribution in [0, 0.1) is 5.82 Å². The van der Waals surface area contributed by atoms with Gasteiger partial charge in [-0.05, 0) is 13.0 Å². The minimum atomic E-state index is -1.33. The summed E-state index contributed by atoms with van der Waals surface area (Å²) in [6.45, 7) is 1.44. The number of halogens is 1. The van der Waals surface area contributed by atoms with Gasteiger partial charge in [-0.2, -0.15) is 0 Å². The zero-order chi connectivity index (χ0) is 10.3. The van der Waals surface area contributed by atoms with Crippen molar-refractivity contribution in [2.75, 3.05) is 0 Å². The lowest BCUT2D eigenvalue weighted by molar-refractivity contribution is -0.152. The zero-order valence-corrected chi connectivity index (χ0v) is 7.58. The number of rotatable bonds is 1. The van der Waals surface area contributed by atoms with Crippen molar-refractivity contribution in [2.45, 2.75) is 18.9 Å². The Morgan fingerprint density at radius 1 is 1.64 bits per heavy atom. The van der Waals surface area contributed by atoms with E-state index in [-0.39, 0.29) is 12.2 Å². The lowest BCUT2D eigenvalue weighted by Crippen LogP contribution is -2.39. The van der Waals surface area contributed by atoms with Crippen LogP contribution >= 0.6 is 0 Å². The minimum absolute atomic E-state index is 0.0670. The molecule has 2 rings (SSSR count). The van der Waals surface area contributed by atoms with E-state index in [1.807, 2.05) is 0 Å². The van der Waals surface area contributed by atoms with Gasteiger partial charge in [0.15, 0.2) is 11.6 Å². The van der Waals surface area contributed by atoms with E-state index in [2.05, 4.69) is 0 Å². The SMILES string of the molecule is CC1(C(=O)O)Cc2cccc(F)c2O1. The molecule has 74 valence electrons. The lowest BCUT2D eigenvalue weighted by atomic mass is 10.00. The van der Waals surface area contributed by atoms with E-state index >= 15 is 0 Å². The Morgan fingerprint density at radius 3 is 2.93 bits per heavy atom. The van der Waals surface area contributed by atoms with E-state index < -0.39 is 17.4 Å². The van der Waals surface area contributed by atoms with Crippen LogP contribution in [0.5, 0.6) is 5.75 Å². The van der Waals surface area contributed by atoms with E-state index in [0.29, 0.717) is 5.56 Å². The van der Waals surface area contributed by atoms with E-state index in [0.717, 1.165) is 0 Å². The van der Waals surface area contributed by atoms with Crippen molar-refractivity contribution in [3.8, 4) is 5.75 Å². The van der Waals surface area contributed by atoms with Crippen LogP contribution in [-0.2, 0) is 11.2 Å². The van der Waals surface area contributed by atoms with Crippen LogP contribution in [0.1, 0.15) is 12.5 Å². The molecule has 1 atom stereocenters. The van der Waals surface area contributed by atoms with Crippen molar-refractivity contribution in [1.82, 2.24) is 0 Å². The fourth-order valence-corrected chi connectivity index (χ4v) is 1.55. The average Bonchev–Trinajstić information content (AvgIpc) is 2.45. The van der Waals surface area contributed by atoms with Crippen LogP contribution in [0.25, 0.3) is 0 Å². The summed E-state index contributed by atoms with van der Waals surface area (Å²) in [7, 11) is 0. The van der Waals surface area contributed by atoms with Gasteiger partial charge in [0, 0.05) is 12.0 Å². The van der Waals surface area contributed by atoms with Gasteiger partial charge in [0.1, 0.15) is 0 Å². The molecule has 0 bridgehead atoms. The normalized spacial score (nSPS) is 24.1. The molecule has 0 aromatic heterocycles. The predicted octanol–water partition coefficient (Wildman–Crippen LogP) is 1.60. The Balaban J connectivity index is 2.44. The smallest absolute Gasteiger partial charge is 0.348 e. The second kappa shape index (κ2) is 2.70. The molecular formula is C10H9FO3. The van der Waals surface area contributed by atoms with Gasteiger partial charge in [-0.25, -0.2) is 9.18 Å². The molecule has 0 fully saturated rings. The zero-order valence-electron chi connectivity index (χ0n) is 7.58. The maximum absolute atomic E-state index is 13.2. The van der Waals surface area contributed by atoms with E-state index in [4.69, 9.17) is 9.84 Å². The van der Waals surface area contributed by atoms with Gasteiger partial charge in [0.05, 0.1) is 0 Å². The minimum Gasteiger partial charge on any atom is -0.478 e. The van der Waals surface area contributed by atoms with Crippen molar-refractivity contribution in [3.63, 3.8) is 0 Å². The third-order valence-corrected chi connectivity index (χ3v) is 2.36. The summed E-state index contributed by atoms with van der Waals surface area (Å²) >= 11 is 0. The van der Waals surface area contributed by atoms with Gasteiger partial charge in [0.2, 0.25) is 5.60 Å². The molecule has 1 aromatic carbocycles. The standard InChI is InChI=1S/C10H9FO3/c1-10(9(12)13)5-6-3-2-4-7(11)8(6)14-10/h2-4H,5H2,1H3,(H,12,13). The third-order valence-electron chi connectivity index (χ3n) is 2.36. The Hall–Kier alpha value is -1.58. The van der Waals surface area contributed by atoms with Crippen molar-refractivity contribution < 1.29 is 19.0 Å². The van der Waals surface area contributed by atoms with Crippen molar-refractivity contribution in [2.24, 2.45) is 0 Å². The van der Waals surface area contributed by atoms with Crippen LogP contribution in [0.4, 0.5) is 4.39 Å². The maximum atomic E-state index is 13.2. The van der Waals surface area contributed by atoms with Gasteiger partial charge in [0.25, 0.3) is 0 Å². The number of hydrogen-bond donors (Lipinski definition) is 1. The summed E-state index contributed by atoms with van der Waals surface area (Å²) in [6.07, 6.45) is 0.204. The molecule has 0 saturated heterocycles. The van der Waals surface area contributed by atoms with Gasteiger partial charge in [-0.15, -0.1) is 0 Å². The summed E-state index contributed by atoms with van der Waals surface area (Å²) in [5, 5.41) is 8.89. The molecule has 0 radical (unpaired) electrons. The average molecular weight is 196 g/mol. The first-order valence-electron chi connectivity index (χ1n) is 4.23. The highest BCUT2D eigenvalue weighted by Gasteiger charge is 2.43. The number of hydrogen-bond acceptors (Lipinski definition) is 2. The van der Waals surface area contributed by atoms with Crippen molar-refractivity contribution >= 4 is 5.97 Å². The molecule has 0 spiro atoms. The van der Waals surface area contributed by atoms with E-state index in [1.54, 1.807) is 12.1 Å². The van der Waals surface area contributed by atoms with Crippen LogP contribution in [-0.4, -0.2) is 16.7 Å². The number of benzene rings is 1.